The summed E-state index contributed by atoms with van der Waals surface area (Å²) in [6, 6.07) is 5.50. The Morgan fingerprint density at radius 2 is 2.29 bits per heavy atom. The number of rotatable bonds is 2. The van der Waals surface area contributed by atoms with E-state index in [1.165, 1.54) is 18.2 Å². The monoisotopic (exact) mass is 259 g/mol. The van der Waals surface area contributed by atoms with Gasteiger partial charge in [-0.25, -0.2) is 4.39 Å². The van der Waals surface area contributed by atoms with Crippen molar-refractivity contribution in [2.24, 2.45) is 11.7 Å². The Kier molecular flexibility index (Phi) is 3.32. The molecular weight excluding hydrogens is 245 g/mol. The lowest BCUT2D eigenvalue weighted by Crippen LogP contribution is -2.53. The van der Waals surface area contributed by atoms with Gasteiger partial charge in [0.05, 0.1) is 5.69 Å². The first kappa shape index (κ1) is 12.3. The summed E-state index contributed by atoms with van der Waals surface area (Å²) in [5.74, 6) is -0.436. The topological polar surface area (TPSA) is 75.4 Å². The second kappa shape index (κ2) is 4.59. The predicted octanol–water partition coefficient (Wildman–Crippen LogP) is 0.0550. The maximum atomic E-state index is 13.1. The fourth-order valence-electron chi connectivity index (χ4n) is 1.73. The Morgan fingerprint density at radius 3 is 2.94 bits per heavy atom. The first-order valence-corrected chi connectivity index (χ1v) is 6.70. The van der Waals surface area contributed by atoms with E-state index < -0.39 is 16.0 Å². The van der Waals surface area contributed by atoms with Crippen LogP contribution >= 0.6 is 0 Å². The van der Waals surface area contributed by atoms with Crippen molar-refractivity contribution in [1.82, 2.24) is 4.72 Å². The van der Waals surface area contributed by atoms with Crippen LogP contribution in [0.15, 0.2) is 24.3 Å². The molecule has 0 aliphatic carbocycles. The maximum absolute atomic E-state index is 13.1. The molecule has 3 N–H and O–H groups in total. The summed E-state index contributed by atoms with van der Waals surface area (Å²) in [6.07, 6.45) is 0. The van der Waals surface area contributed by atoms with E-state index in [1.807, 2.05) is 0 Å². The summed E-state index contributed by atoms with van der Waals surface area (Å²) in [4.78, 5) is 0. The molecule has 1 atom stereocenters. The maximum Gasteiger partial charge on any atom is 0.301 e. The quantitative estimate of drug-likeness (QED) is 0.788. The highest BCUT2D eigenvalue weighted by Gasteiger charge is 2.30. The lowest BCUT2D eigenvalue weighted by molar-refractivity contribution is 0.486. The Balaban J connectivity index is 2.34. The Morgan fingerprint density at radius 1 is 1.53 bits per heavy atom. The second-order valence-corrected chi connectivity index (χ2v) is 5.65. The first-order chi connectivity index (χ1) is 8.03. The first-order valence-electron chi connectivity index (χ1n) is 5.26. The highest BCUT2D eigenvalue weighted by Crippen LogP contribution is 2.22. The number of nitrogens with two attached hydrogens (primary N) is 1. The van der Waals surface area contributed by atoms with Gasteiger partial charge < -0.3 is 5.73 Å². The van der Waals surface area contributed by atoms with Crippen molar-refractivity contribution in [3.8, 4) is 0 Å². The number of nitrogens with zero attached hydrogens (tertiary/aromatic N) is 1. The smallest absolute Gasteiger partial charge is 0.301 e. The van der Waals surface area contributed by atoms with Gasteiger partial charge in [0, 0.05) is 19.0 Å². The third-order valence-electron chi connectivity index (χ3n) is 2.70. The van der Waals surface area contributed by atoms with Crippen LogP contribution < -0.4 is 14.8 Å². The van der Waals surface area contributed by atoms with Crippen molar-refractivity contribution in [2.45, 2.75) is 0 Å². The molecule has 1 aliphatic heterocycles. The average molecular weight is 259 g/mol. The minimum absolute atomic E-state index is 0.0294. The van der Waals surface area contributed by atoms with Gasteiger partial charge in [-0.2, -0.15) is 13.1 Å². The summed E-state index contributed by atoms with van der Waals surface area (Å²) < 4.78 is 40.3. The molecule has 1 aliphatic rings. The molecule has 0 radical (unpaired) electrons. The number of nitrogens with one attached hydrogen (secondary N) is 1. The molecule has 1 fully saturated rings. The summed E-state index contributed by atoms with van der Waals surface area (Å²) >= 11 is 0. The van der Waals surface area contributed by atoms with Gasteiger partial charge in [-0.1, -0.05) is 6.07 Å². The molecule has 7 heteroatoms. The molecule has 2 rings (SSSR count). The zero-order valence-corrected chi connectivity index (χ0v) is 9.95. The molecule has 1 unspecified atom stereocenters. The van der Waals surface area contributed by atoms with E-state index in [1.54, 1.807) is 6.07 Å². The minimum Gasteiger partial charge on any atom is -0.330 e. The molecule has 0 bridgehead atoms. The Labute approximate surface area is 99.6 Å². The van der Waals surface area contributed by atoms with Gasteiger partial charge in [0.25, 0.3) is 0 Å². The zero-order valence-electron chi connectivity index (χ0n) is 9.14. The molecule has 1 heterocycles. The van der Waals surface area contributed by atoms with Gasteiger partial charge in [0.15, 0.2) is 0 Å². The van der Waals surface area contributed by atoms with E-state index in [4.69, 9.17) is 5.73 Å². The third kappa shape index (κ3) is 2.56. The summed E-state index contributed by atoms with van der Waals surface area (Å²) in [5.41, 5.74) is 5.84. The van der Waals surface area contributed by atoms with Crippen LogP contribution in [-0.2, 0) is 10.2 Å². The van der Waals surface area contributed by atoms with Gasteiger partial charge >= 0.3 is 10.2 Å². The lowest BCUT2D eigenvalue weighted by atomic mass is 10.1. The largest absolute Gasteiger partial charge is 0.330 e. The van der Waals surface area contributed by atoms with E-state index in [2.05, 4.69) is 4.72 Å². The van der Waals surface area contributed by atoms with Crippen molar-refractivity contribution < 1.29 is 12.8 Å². The van der Waals surface area contributed by atoms with Crippen LogP contribution in [0.4, 0.5) is 10.1 Å². The van der Waals surface area contributed by atoms with Crippen molar-refractivity contribution in [3.05, 3.63) is 30.1 Å². The molecule has 17 heavy (non-hydrogen) atoms. The zero-order chi connectivity index (χ0) is 12.5. The lowest BCUT2D eigenvalue weighted by Gasteiger charge is -2.33. The standard InChI is InChI=1S/C10H14FN3O2S/c11-9-2-1-3-10(4-9)14-7-8(5-12)6-13-17(14,15)16/h1-4,8,13H,5-7,12H2. The molecule has 0 saturated carbocycles. The predicted molar refractivity (Wildman–Crippen MR) is 63.2 cm³/mol. The van der Waals surface area contributed by atoms with Crippen LogP contribution in [0.3, 0.4) is 0 Å². The molecular formula is C10H14FN3O2S. The fraction of sp³-hybridized carbons (Fsp3) is 0.400. The fourth-order valence-corrected chi connectivity index (χ4v) is 3.13. The SMILES string of the molecule is NCC1CNS(=O)(=O)N(c2cccc(F)c2)C1. The van der Waals surface area contributed by atoms with Crippen LogP contribution in [0.2, 0.25) is 0 Å². The van der Waals surface area contributed by atoms with Crippen molar-refractivity contribution in [2.75, 3.05) is 23.9 Å². The van der Waals surface area contributed by atoms with E-state index in [-0.39, 0.29) is 12.5 Å². The number of benzene rings is 1. The Hall–Kier alpha value is -1.18. The van der Waals surface area contributed by atoms with Gasteiger partial charge in [-0.15, -0.1) is 0 Å². The Bertz CT molecular complexity index is 506. The van der Waals surface area contributed by atoms with E-state index >= 15 is 0 Å². The number of halogens is 1. The van der Waals surface area contributed by atoms with Crippen molar-refractivity contribution >= 4 is 15.9 Å². The van der Waals surface area contributed by atoms with Crippen LogP contribution in [0.25, 0.3) is 0 Å². The van der Waals surface area contributed by atoms with Gasteiger partial charge in [0.2, 0.25) is 0 Å². The molecule has 1 aromatic carbocycles. The summed E-state index contributed by atoms with van der Waals surface area (Å²) in [7, 11) is -3.58. The molecule has 1 saturated heterocycles. The van der Waals surface area contributed by atoms with Crippen molar-refractivity contribution in [1.29, 1.82) is 0 Å². The molecule has 5 nitrogen and oxygen atoms in total. The molecule has 0 spiro atoms. The van der Waals surface area contributed by atoms with Crippen LogP contribution in [0, 0.1) is 11.7 Å². The van der Waals surface area contributed by atoms with E-state index in [0.717, 1.165) is 4.31 Å². The molecule has 0 aromatic heterocycles. The highest BCUT2D eigenvalue weighted by atomic mass is 32.2. The second-order valence-electron chi connectivity index (χ2n) is 3.97. The van der Waals surface area contributed by atoms with Crippen LogP contribution in [0.1, 0.15) is 0 Å². The minimum atomic E-state index is -3.58. The van der Waals surface area contributed by atoms with Crippen LogP contribution in [-0.4, -0.2) is 28.1 Å². The normalized spacial score (nSPS) is 23.6. The van der Waals surface area contributed by atoms with Gasteiger partial charge in [0.1, 0.15) is 5.82 Å². The average Bonchev–Trinajstić information content (AvgIpc) is 2.29. The van der Waals surface area contributed by atoms with E-state index in [0.29, 0.717) is 18.8 Å². The molecule has 1 aromatic rings. The number of anilines is 1. The van der Waals surface area contributed by atoms with Crippen LogP contribution in [0.5, 0.6) is 0 Å². The number of hydrogen-bond acceptors (Lipinski definition) is 3. The van der Waals surface area contributed by atoms with Gasteiger partial charge in [-0.3, -0.25) is 4.31 Å². The molecule has 0 amide bonds. The number of hydrogen-bond donors (Lipinski definition) is 2. The van der Waals surface area contributed by atoms with E-state index in [9.17, 15) is 12.8 Å². The summed E-state index contributed by atoms with van der Waals surface area (Å²) in [6.45, 7) is 0.980. The van der Waals surface area contributed by atoms with Crippen molar-refractivity contribution in [3.63, 3.8) is 0 Å². The molecule has 94 valence electrons. The summed E-state index contributed by atoms with van der Waals surface area (Å²) in [5, 5.41) is 0. The third-order valence-corrected chi connectivity index (χ3v) is 4.17. The highest BCUT2D eigenvalue weighted by molar-refractivity contribution is 7.90. The van der Waals surface area contributed by atoms with Gasteiger partial charge in [-0.05, 0) is 24.7 Å².